The highest BCUT2D eigenvalue weighted by molar-refractivity contribution is 6.07. The molecule has 0 radical (unpaired) electrons. The van der Waals surface area contributed by atoms with Crippen LogP contribution >= 0.6 is 0 Å². The Morgan fingerprint density at radius 3 is 2.55 bits per heavy atom. The average molecular weight is 401 g/mol. The molecule has 3 rings (SSSR count). The predicted molar refractivity (Wildman–Crippen MR) is 97.3 cm³/mol. The predicted octanol–water partition coefficient (Wildman–Crippen LogP) is 3.01. The second-order valence-electron chi connectivity index (χ2n) is 6.40. The molecule has 9 heteroatoms. The molecule has 1 atom stereocenters. The molecule has 1 unspecified atom stereocenters. The number of urea groups is 1. The molecule has 1 fully saturated rings. The standard InChI is InChI=1S/C20H17F2N3O4/c1-20(14-5-7-15(8-6-14)29-18(21)22)17(26)25(19(27)24-20)9-10-28-16-4-2-3-13(11-16)12-23/h2-8,11,18H,9-10H2,1H3,(H,24,27). The first kappa shape index (κ1) is 20.1. The van der Waals surface area contributed by atoms with Gasteiger partial charge in [0.2, 0.25) is 0 Å². The zero-order valence-electron chi connectivity index (χ0n) is 15.4. The van der Waals surface area contributed by atoms with Crippen LogP contribution in [0.3, 0.4) is 0 Å². The summed E-state index contributed by atoms with van der Waals surface area (Å²) in [6, 6.07) is 13.4. The first-order valence-electron chi connectivity index (χ1n) is 8.66. The molecule has 150 valence electrons. The molecule has 29 heavy (non-hydrogen) atoms. The Bertz CT molecular complexity index is 959. The minimum Gasteiger partial charge on any atom is -0.492 e. The van der Waals surface area contributed by atoms with Crippen molar-refractivity contribution in [1.29, 1.82) is 5.26 Å². The van der Waals surface area contributed by atoms with Crippen LogP contribution in [0.2, 0.25) is 0 Å². The number of imide groups is 1. The van der Waals surface area contributed by atoms with Gasteiger partial charge < -0.3 is 14.8 Å². The lowest BCUT2D eigenvalue weighted by Crippen LogP contribution is -2.41. The van der Waals surface area contributed by atoms with Crippen LogP contribution < -0.4 is 14.8 Å². The van der Waals surface area contributed by atoms with Gasteiger partial charge in [0.05, 0.1) is 18.2 Å². The Labute approximate surface area is 165 Å². The van der Waals surface area contributed by atoms with Crippen LogP contribution in [-0.2, 0) is 10.3 Å². The number of nitrogens with one attached hydrogen (secondary N) is 1. The Hall–Kier alpha value is -3.67. The van der Waals surface area contributed by atoms with E-state index in [1.54, 1.807) is 24.3 Å². The van der Waals surface area contributed by atoms with E-state index >= 15 is 0 Å². The number of hydrogen-bond acceptors (Lipinski definition) is 5. The van der Waals surface area contributed by atoms with Gasteiger partial charge in [-0.15, -0.1) is 0 Å². The minimum absolute atomic E-state index is 0.00359. The largest absolute Gasteiger partial charge is 0.492 e. The third kappa shape index (κ3) is 4.27. The number of nitrogens with zero attached hydrogens (tertiary/aromatic N) is 2. The number of rotatable bonds is 7. The van der Waals surface area contributed by atoms with Gasteiger partial charge in [0.25, 0.3) is 5.91 Å². The first-order valence-corrected chi connectivity index (χ1v) is 8.66. The molecule has 2 aromatic rings. The number of halogens is 2. The van der Waals surface area contributed by atoms with Crippen molar-refractivity contribution in [2.75, 3.05) is 13.2 Å². The molecule has 0 spiro atoms. The smallest absolute Gasteiger partial charge is 0.387 e. The minimum atomic E-state index is -2.95. The van der Waals surface area contributed by atoms with Crippen molar-refractivity contribution < 1.29 is 27.8 Å². The molecule has 0 saturated carbocycles. The van der Waals surface area contributed by atoms with Crippen LogP contribution in [0.15, 0.2) is 48.5 Å². The highest BCUT2D eigenvalue weighted by atomic mass is 19.3. The van der Waals surface area contributed by atoms with Crippen LogP contribution in [-0.4, -0.2) is 36.6 Å². The molecule has 0 bridgehead atoms. The Balaban J connectivity index is 1.66. The first-order chi connectivity index (χ1) is 13.8. The number of benzene rings is 2. The van der Waals surface area contributed by atoms with Crippen LogP contribution in [0.25, 0.3) is 0 Å². The fourth-order valence-electron chi connectivity index (χ4n) is 2.98. The molecule has 1 aliphatic rings. The van der Waals surface area contributed by atoms with Gasteiger partial charge in [-0.1, -0.05) is 18.2 Å². The van der Waals surface area contributed by atoms with Crippen molar-refractivity contribution in [1.82, 2.24) is 10.2 Å². The Kier molecular flexibility index (Phi) is 5.64. The molecule has 0 aromatic heterocycles. The average Bonchev–Trinajstić information content (AvgIpc) is 2.92. The SMILES string of the molecule is CC1(c2ccc(OC(F)F)cc2)NC(=O)N(CCOc2cccc(C#N)c2)C1=O. The number of amides is 3. The molecule has 7 nitrogen and oxygen atoms in total. The van der Waals surface area contributed by atoms with E-state index in [2.05, 4.69) is 10.1 Å². The second kappa shape index (κ2) is 8.14. The van der Waals surface area contributed by atoms with Gasteiger partial charge in [-0.3, -0.25) is 9.69 Å². The van der Waals surface area contributed by atoms with Crippen LogP contribution in [0.5, 0.6) is 11.5 Å². The van der Waals surface area contributed by atoms with Crippen molar-refractivity contribution in [2.45, 2.75) is 19.1 Å². The number of carbonyl (C=O) groups excluding carboxylic acids is 2. The number of alkyl halides is 2. The van der Waals surface area contributed by atoms with Gasteiger partial charge >= 0.3 is 12.6 Å². The fourth-order valence-corrected chi connectivity index (χ4v) is 2.98. The van der Waals surface area contributed by atoms with Gasteiger partial charge in [-0.25, -0.2) is 4.79 Å². The lowest BCUT2D eigenvalue weighted by atomic mass is 9.92. The van der Waals surface area contributed by atoms with E-state index in [1.807, 2.05) is 6.07 Å². The maximum atomic E-state index is 12.8. The van der Waals surface area contributed by atoms with E-state index in [9.17, 15) is 18.4 Å². The maximum absolute atomic E-state index is 12.8. The summed E-state index contributed by atoms with van der Waals surface area (Å²) in [6.45, 7) is -1.36. The lowest BCUT2D eigenvalue weighted by molar-refractivity contribution is -0.131. The zero-order valence-corrected chi connectivity index (χ0v) is 15.4. The summed E-state index contributed by atoms with van der Waals surface area (Å²) in [4.78, 5) is 26.2. The van der Waals surface area contributed by atoms with Crippen molar-refractivity contribution in [3.05, 3.63) is 59.7 Å². The van der Waals surface area contributed by atoms with Gasteiger partial charge in [0.15, 0.2) is 0 Å². The zero-order chi connectivity index (χ0) is 21.0. The second-order valence-corrected chi connectivity index (χ2v) is 6.40. The third-order valence-corrected chi connectivity index (χ3v) is 4.48. The molecular formula is C20H17F2N3O4. The number of ether oxygens (including phenoxy) is 2. The van der Waals surface area contributed by atoms with Gasteiger partial charge in [-0.05, 0) is 42.8 Å². The van der Waals surface area contributed by atoms with E-state index in [-0.39, 0.29) is 18.9 Å². The normalized spacial score (nSPS) is 18.5. The van der Waals surface area contributed by atoms with Gasteiger partial charge in [-0.2, -0.15) is 14.0 Å². The van der Waals surface area contributed by atoms with E-state index in [0.717, 1.165) is 4.90 Å². The molecule has 1 aliphatic heterocycles. The summed E-state index contributed by atoms with van der Waals surface area (Å²) in [5.41, 5.74) is -0.465. The summed E-state index contributed by atoms with van der Waals surface area (Å²) in [7, 11) is 0. The van der Waals surface area contributed by atoms with Crippen LogP contribution in [0.4, 0.5) is 13.6 Å². The summed E-state index contributed by atoms with van der Waals surface area (Å²) in [5, 5.41) is 11.5. The van der Waals surface area contributed by atoms with Gasteiger partial charge in [0, 0.05) is 0 Å². The molecular weight excluding hydrogens is 384 g/mol. The van der Waals surface area contributed by atoms with E-state index < -0.39 is 24.1 Å². The highest BCUT2D eigenvalue weighted by Gasteiger charge is 2.48. The van der Waals surface area contributed by atoms with Crippen molar-refractivity contribution in [3.8, 4) is 17.6 Å². The lowest BCUT2D eigenvalue weighted by Gasteiger charge is -2.22. The number of carbonyl (C=O) groups is 2. The van der Waals surface area contributed by atoms with Crippen LogP contribution in [0, 0.1) is 11.3 Å². The van der Waals surface area contributed by atoms with Gasteiger partial charge in [0.1, 0.15) is 23.6 Å². The fraction of sp³-hybridized carbons (Fsp3) is 0.250. The highest BCUT2D eigenvalue weighted by Crippen LogP contribution is 2.30. The maximum Gasteiger partial charge on any atom is 0.387 e. The van der Waals surface area contributed by atoms with Crippen molar-refractivity contribution >= 4 is 11.9 Å². The number of nitriles is 1. The van der Waals surface area contributed by atoms with Crippen LogP contribution in [0.1, 0.15) is 18.1 Å². The van der Waals surface area contributed by atoms with E-state index in [0.29, 0.717) is 16.9 Å². The summed E-state index contributed by atoms with van der Waals surface area (Å²) >= 11 is 0. The molecule has 3 amide bonds. The molecule has 1 saturated heterocycles. The third-order valence-electron chi connectivity index (χ3n) is 4.48. The summed E-state index contributed by atoms with van der Waals surface area (Å²) in [5.74, 6) is -0.0816. The number of hydrogen-bond donors (Lipinski definition) is 1. The molecule has 2 aromatic carbocycles. The molecule has 1 heterocycles. The van der Waals surface area contributed by atoms with E-state index in [1.165, 1.54) is 31.2 Å². The van der Waals surface area contributed by atoms with E-state index in [4.69, 9.17) is 10.00 Å². The quantitative estimate of drug-likeness (QED) is 0.720. The summed E-state index contributed by atoms with van der Waals surface area (Å²) < 4.78 is 34.4. The van der Waals surface area contributed by atoms with Crippen molar-refractivity contribution in [2.24, 2.45) is 0 Å². The Morgan fingerprint density at radius 1 is 1.17 bits per heavy atom. The van der Waals surface area contributed by atoms with Crippen molar-refractivity contribution in [3.63, 3.8) is 0 Å². The molecule has 0 aliphatic carbocycles. The topological polar surface area (TPSA) is 91.7 Å². The monoisotopic (exact) mass is 401 g/mol. The summed E-state index contributed by atoms with van der Waals surface area (Å²) in [6.07, 6.45) is 0. The molecule has 1 N–H and O–H groups in total. The Morgan fingerprint density at radius 2 is 1.90 bits per heavy atom.